The number of carbonyl (C=O) groups is 2. The lowest BCUT2D eigenvalue weighted by Gasteiger charge is -2.19. The van der Waals surface area contributed by atoms with E-state index in [-0.39, 0.29) is 39.3 Å². The molecule has 5 aromatic carbocycles. The van der Waals surface area contributed by atoms with Crippen molar-refractivity contribution in [2.75, 3.05) is 13.1 Å². The van der Waals surface area contributed by atoms with Gasteiger partial charge in [-0.1, -0.05) is 77.8 Å². The summed E-state index contributed by atoms with van der Waals surface area (Å²) in [6.07, 6.45) is 0.278. The van der Waals surface area contributed by atoms with Crippen LogP contribution in [0.5, 0.6) is 11.5 Å². The Morgan fingerprint density at radius 2 is 1.34 bits per heavy atom. The Hall–Kier alpha value is -6.04. The molecule has 0 spiro atoms. The Bertz CT molecular complexity index is 2630. The number of nitrogens with zero attached hydrogens (tertiary/aromatic N) is 2. The van der Waals surface area contributed by atoms with Gasteiger partial charge < -0.3 is 40.5 Å². The van der Waals surface area contributed by atoms with Crippen LogP contribution < -0.4 is 20.1 Å². The van der Waals surface area contributed by atoms with E-state index in [2.05, 4.69) is 65.9 Å². The lowest BCUT2D eigenvalue weighted by Crippen LogP contribution is -2.28. The van der Waals surface area contributed by atoms with Gasteiger partial charge in [-0.05, 0) is 88.0 Å². The molecule has 0 amide bonds. The summed E-state index contributed by atoms with van der Waals surface area (Å²) < 4.78 is 12.6. The van der Waals surface area contributed by atoms with E-state index in [9.17, 15) is 25.1 Å². The third kappa shape index (κ3) is 11.7. The number of aromatic nitrogens is 1. The van der Waals surface area contributed by atoms with Gasteiger partial charge in [0.1, 0.15) is 30.8 Å². The third-order valence-corrected chi connectivity index (χ3v) is 11.1. The predicted molar refractivity (Wildman–Crippen MR) is 238 cm³/mol. The average molecular weight is 878 g/mol. The van der Waals surface area contributed by atoms with Crippen LogP contribution in [0.25, 0.3) is 33.0 Å². The first kappa shape index (κ1) is 45.5. The zero-order valence-corrected chi connectivity index (χ0v) is 35.6. The van der Waals surface area contributed by atoms with Crippen LogP contribution in [0.15, 0.2) is 97.3 Å². The Kier molecular flexibility index (Phi) is 15.5. The lowest BCUT2D eigenvalue weighted by molar-refractivity contribution is -0.140. The van der Waals surface area contributed by atoms with Crippen LogP contribution in [0.2, 0.25) is 10.0 Å². The van der Waals surface area contributed by atoms with Crippen molar-refractivity contribution in [1.82, 2.24) is 15.6 Å². The summed E-state index contributed by atoms with van der Waals surface area (Å²) in [7, 11) is 0. The van der Waals surface area contributed by atoms with Crippen LogP contribution in [0, 0.1) is 25.2 Å². The molecule has 1 aromatic heterocycles. The van der Waals surface area contributed by atoms with Gasteiger partial charge in [0, 0.05) is 66.2 Å². The molecule has 62 heavy (non-hydrogen) atoms. The molecule has 14 heteroatoms. The fraction of sp³-hybridized carbons (Fsp3) is 0.250. The van der Waals surface area contributed by atoms with Gasteiger partial charge in [0.25, 0.3) is 0 Å². The Morgan fingerprint density at radius 1 is 0.694 bits per heavy atom. The van der Waals surface area contributed by atoms with Crippen LogP contribution in [-0.4, -0.2) is 62.6 Å². The summed E-state index contributed by atoms with van der Waals surface area (Å²) in [6, 6.07) is 29.4. The highest BCUT2D eigenvalue weighted by molar-refractivity contribution is 6.35. The molecule has 6 aromatic rings. The summed E-state index contributed by atoms with van der Waals surface area (Å²) in [4.78, 5) is 26.1. The molecule has 0 aliphatic heterocycles. The number of aliphatic carboxylic acids is 2. The summed E-state index contributed by atoms with van der Waals surface area (Å²) in [5.74, 6) is -1.33. The normalized spacial score (nSPS) is 12.1. The van der Waals surface area contributed by atoms with E-state index in [1.165, 1.54) is 6.20 Å². The maximum atomic E-state index is 11.0. The zero-order valence-electron chi connectivity index (χ0n) is 34.1. The Balaban J connectivity index is 1.22. The second-order valence-corrected chi connectivity index (χ2v) is 15.8. The van der Waals surface area contributed by atoms with E-state index in [1.54, 1.807) is 24.4 Å². The largest absolute Gasteiger partial charge is 0.488 e. The molecule has 0 unspecified atom stereocenters. The van der Waals surface area contributed by atoms with E-state index in [4.69, 9.17) is 42.9 Å². The molecule has 1 heterocycles. The molecule has 0 aliphatic carbocycles. The van der Waals surface area contributed by atoms with E-state index in [1.807, 2.05) is 36.4 Å². The first-order valence-corrected chi connectivity index (χ1v) is 20.6. The SMILES string of the molecule is Cc1c(COc2cc(OCc3cncc(C#N)c3)c(CNC[C@@H](O)CC(=O)O)cc2Cl)cccc1-c1cccc(-c2ccc3c(CNC[C@@H](O)CC(=O)O)ccc(Cl)c3c2)c1C. The molecule has 12 nitrogen and oxygen atoms in total. The first-order chi connectivity index (χ1) is 29.8. The van der Waals surface area contributed by atoms with Crippen molar-refractivity contribution >= 4 is 45.9 Å². The van der Waals surface area contributed by atoms with Gasteiger partial charge in [0.15, 0.2) is 0 Å². The standard InChI is InChI=1S/C48H46Cl2N4O8/c1-28-34(27-62-46-18-45(61-26-31-13-30(19-51)20-52-21-31)35(15-44(46)50)23-54-25-37(56)17-48(59)60)5-3-7-39(28)40-8-4-6-38(29(40)2)32-9-11-41-33(10-12-43(49)42(41)14-32)22-53-24-36(55)16-47(57)58/h3-15,18,20-21,36-37,53-56H,16-17,22-27H2,1-2H3,(H,57,58)(H,59,60)/t36-,37-/m0/s1. The predicted octanol–water partition coefficient (Wildman–Crippen LogP) is 8.37. The van der Waals surface area contributed by atoms with Crippen LogP contribution >= 0.6 is 23.2 Å². The molecule has 0 radical (unpaired) electrons. The maximum absolute atomic E-state index is 11.0. The highest BCUT2D eigenvalue weighted by atomic mass is 35.5. The second kappa shape index (κ2) is 21.2. The highest BCUT2D eigenvalue weighted by Crippen LogP contribution is 2.38. The monoisotopic (exact) mass is 876 g/mol. The number of aliphatic hydroxyl groups excluding tert-OH is 2. The number of rotatable bonds is 20. The van der Waals surface area contributed by atoms with Crippen molar-refractivity contribution in [1.29, 1.82) is 5.26 Å². The van der Waals surface area contributed by atoms with Crippen molar-refractivity contribution in [3.05, 3.63) is 146 Å². The summed E-state index contributed by atoms with van der Waals surface area (Å²) in [5.41, 5.74) is 9.89. The summed E-state index contributed by atoms with van der Waals surface area (Å²) in [5, 5.41) is 56.4. The van der Waals surface area contributed by atoms with Crippen LogP contribution in [-0.2, 0) is 35.9 Å². The molecular weight excluding hydrogens is 831 g/mol. The van der Waals surface area contributed by atoms with Crippen LogP contribution in [0.1, 0.15) is 51.8 Å². The van der Waals surface area contributed by atoms with Crippen molar-refractivity contribution < 1.29 is 39.5 Å². The van der Waals surface area contributed by atoms with E-state index in [0.29, 0.717) is 44.8 Å². The first-order valence-electron chi connectivity index (χ1n) is 19.8. The van der Waals surface area contributed by atoms with Gasteiger partial charge in [-0.15, -0.1) is 0 Å². The number of pyridine rings is 1. The average Bonchev–Trinajstić information content (AvgIpc) is 3.24. The van der Waals surface area contributed by atoms with Gasteiger partial charge in [0.05, 0.1) is 35.6 Å². The number of carboxylic acids is 2. The van der Waals surface area contributed by atoms with E-state index in [0.717, 1.165) is 55.3 Å². The number of carboxylic acid groups (broad SMARTS) is 2. The number of hydrogen-bond acceptors (Lipinski definition) is 10. The quantitative estimate of drug-likeness (QED) is 0.0430. The van der Waals surface area contributed by atoms with Gasteiger partial charge in [-0.25, -0.2) is 0 Å². The molecule has 2 atom stereocenters. The fourth-order valence-electron chi connectivity index (χ4n) is 7.27. The number of aliphatic hydroxyl groups is 2. The van der Waals surface area contributed by atoms with Gasteiger partial charge in [-0.3, -0.25) is 14.6 Å². The fourth-order valence-corrected chi connectivity index (χ4v) is 7.73. The van der Waals surface area contributed by atoms with Gasteiger partial charge in [-0.2, -0.15) is 5.26 Å². The molecule has 6 N–H and O–H groups in total. The number of hydrogen-bond donors (Lipinski definition) is 6. The molecule has 6 rings (SSSR count). The van der Waals surface area contributed by atoms with Crippen molar-refractivity contribution in [2.24, 2.45) is 0 Å². The topological polar surface area (TPSA) is 194 Å². The Morgan fingerprint density at radius 3 is 2.03 bits per heavy atom. The maximum Gasteiger partial charge on any atom is 0.306 e. The minimum Gasteiger partial charge on any atom is -0.488 e. The number of halogens is 2. The number of nitrogens with one attached hydrogen (secondary N) is 2. The van der Waals surface area contributed by atoms with Crippen LogP contribution in [0.3, 0.4) is 0 Å². The van der Waals surface area contributed by atoms with Crippen molar-refractivity contribution in [3.8, 4) is 39.8 Å². The molecule has 0 saturated heterocycles. The lowest BCUT2D eigenvalue weighted by atomic mass is 9.89. The minimum atomic E-state index is -1.10. The van der Waals surface area contributed by atoms with E-state index < -0.39 is 30.6 Å². The van der Waals surface area contributed by atoms with Gasteiger partial charge in [0.2, 0.25) is 0 Å². The number of benzene rings is 5. The second-order valence-electron chi connectivity index (χ2n) is 15.0. The third-order valence-electron chi connectivity index (χ3n) is 10.5. The smallest absolute Gasteiger partial charge is 0.306 e. The van der Waals surface area contributed by atoms with Crippen LogP contribution in [0.4, 0.5) is 0 Å². The summed E-state index contributed by atoms with van der Waals surface area (Å²) >= 11 is 13.5. The van der Waals surface area contributed by atoms with Crippen molar-refractivity contribution in [3.63, 3.8) is 0 Å². The molecule has 0 bridgehead atoms. The Labute approximate surface area is 369 Å². The molecule has 320 valence electrons. The molecular formula is C48H46Cl2N4O8. The minimum absolute atomic E-state index is 0.0378. The molecule has 0 aliphatic rings. The molecule has 0 fully saturated rings. The van der Waals surface area contributed by atoms with E-state index >= 15 is 0 Å². The highest BCUT2D eigenvalue weighted by Gasteiger charge is 2.18. The molecule has 0 saturated carbocycles. The van der Waals surface area contributed by atoms with Crippen molar-refractivity contribution in [2.45, 2.75) is 65.2 Å². The number of ether oxygens (including phenoxy) is 2. The number of fused-ring (bicyclic) bond motifs is 1. The summed E-state index contributed by atoms with van der Waals surface area (Å²) in [6.45, 7) is 5.29. The number of nitriles is 1. The zero-order chi connectivity index (χ0) is 44.3. The van der Waals surface area contributed by atoms with Gasteiger partial charge >= 0.3 is 11.9 Å².